The summed E-state index contributed by atoms with van der Waals surface area (Å²) in [5, 5.41) is 0. The molecule has 0 aromatic heterocycles. The third kappa shape index (κ3) is 11.9. The van der Waals surface area contributed by atoms with E-state index >= 15 is 0 Å². The minimum atomic E-state index is -3.26. The van der Waals surface area contributed by atoms with Gasteiger partial charge in [-0.1, -0.05) is 31.4 Å². The lowest BCUT2D eigenvalue weighted by atomic mass is 10.5. The van der Waals surface area contributed by atoms with Gasteiger partial charge in [0.2, 0.25) is 0 Å². The molecule has 0 spiro atoms. The molecule has 0 N–H and O–H groups in total. The molecular formula is C8H18O3SSi. The topological polar surface area (TPSA) is 43.4 Å². The predicted molar refractivity (Wildman–Crippen MR) is 57.9 cm³/mol. The van der Waals surface area contributed by atoms with E-state index in [2.05, 4.69) is 29.5 Å². The molecular weight excluding hydrogens is 204 g/mol. The Labute approximate surface area is 81.9 Å². The number of hydrogen-bond donors (Lipinski definition) is 0. The van der Waals surface area contributed by atoms with Crippen LogP contribution in [0.1, 0.15) is 6.42 Å². The van der Waals surface area contributed by atoms with Crippen molar-refractivity contribution in [3.8, 4) is 0 Å². The third-order valence-electron chi connectivity index (χ3n) is 1.20. The van der Waals surface area contributed by atoms with Crippen molar-refractivity contribution >= 4 is 18.2 Å². The minimum Gasteiger partial charge on any atom is -0.270 e. The van der Waals surface area contributed by atoms with Gasteiger partial charge in [0.05, 0.1) is 20.9 Å². The molecule has 0 aliphatic carbocycles. The van der Waals surface area contributed by atoms with Crippen LogP contribution in [0.5, 0.6) is 0 Å². The van der Waals surface area contributed by atoms with E-state index < -0.39 is 18.2 Å². The largest absolute Gasteiger partial charge is 0.270 e. The molecule has 0 rings (SSSR count). The highest BCUT2D eigenvalue weighted by molar-refractivity contribution is 7.85. The van der Waals surface area contributed by atoms with Gasteiger partial charge in [0, 0.05) is 0 Å². The van der Waals surface area contributed by atoms with Gasteiger partial charge in [-0.3, -0.25) is 4.18 Å². The zero-order chi connectivity index (χ0) is 10.5. The fourth-order valence-electron chi connectivity index (χ4n) is 0.704. The summed E-state index contributed by atoms with van der Waals surface area (Å²) in [7, 11) is -4.40. The van der Waals surface area contributed by atoms with Crippen molar-refractivity contribution in [2.24, 2.45) is 0 Å². The first-order valence-corrected chi connectivity index (χ1v) is 9.62. The zero-order valence-electron chi connectivity index (χ0n) is 8.70. The molecule has 13 heavy (non-hydrogen) atoms. The Morgan fingerprint density at radius 3 is 2.23 bits per heavy atom. The van der Waals surface area contributed by atoms with Crippen molar-refractivity contribution in [1.29, 1.82) is 0 Å². The van der Waals surface area contributed by atoms with E-state index in [1.54, 1.807) is 0 Å². The van der Waals surface area contributed by atoms with Crippen LogP contribution < -0.4 is 0 Å². The molecule has 0 aromatic carbocycles. The lowest BCUT2D eigenvalue weighted by molar-refractivity contribution is 0.328. The second-order valence-corrected chi connectivity index (χ2v) is 10.8. The second kappa shape index (κ2) is 4.93. The van der Waals surface area contributed by atoms with E-state index in [1.165, 1.54) is 0 Å². The summed E-state index contributed by atoms with van der Waals surface area (Å²) in [6.45, 7) is 6.92. The van der Waals surface area contributed by atoms with E-state index in [1.807, 2.05) is 6.08 Å². The number of rotatable bonds is 5. The predicted octanol–water partition coefficient (Wildman–Crippen LogP) is 1.79. The normalized spacial score (nSPS) is 13.8. The monoisotopic (exact) mass is 222 g/mol. The molecule has 0 unspecified atom stereocenters. The van der Waals surface area contributed by atoms with Crippen LogP contribution in [-0.2, 0) is 14.3 Å². The molecule has 0 aliphatic rings. The summed E-state index contributed by atoms with van der Waals surface area (Å²) in [5.74, 6) is 0. The highest BCUT2D eigenvalue weighted by Crippen LogP contribution is 2.02. The lowest BCUT2D eigenvalue weighted by Gasteiger charge is -2.07. The molecule has 5 heteroatoms. The van der Waals surface area contributed by atoms with Gasteiger partial charge in [0.25, 0.3) is 10.1 Å². The van der Waals surface area contributed by atoms with E-state index in [0.717, 1.165) is 6.26 Å². The van der Waals surface area contributed by atoms with Crippen molar-refractivity contribution < 1.29 is 12.6 Å². The van der Waals surface area contributed by atoms with Crippen LogP contribution in [-0.4, -0.2) is 29.4 Å². The third-order valence-corrected chi connectivity index (χ3v) is 3.03. The standard InChI is InChI=1S/C8H18O3SSi/c1-12(9,10)11-7-5-6-8-13(2,3)4/h6,8H,5,7H2,1-4H3/b8-6+. The Balaban J connectivity index is 3.65. The van der Waals surface area contributed by atoms with E-state index in [0.29, 0.717) is 6.42 Å². The van der Waals surface area contributed by atoms with Crippen LogP contribution in [0.4, 0.5) is 0 Å². The zero-order valence-corrected chi connectivity index (χ0v) is 10.5. The summed E-state index contributed by atoms with van der Waals surface area (Å²) >= 11 is 0. The molecule has 0 saturated carbocycles. The van der Waals surface area contributed by atoms with Crippen LogP contribution >= 0.6 is 0 Å². The van der Waals surface area contributed by atoms with Gasteiger partial charge in [-0.25, -0.2) is 0 Å². The highest BCUT2D eigenvalue weighted by atomic mass is 32.2. The maximum Gasteiger partial charge on any atom is 0.264 e. The van der Waals surface area contributed by atoms with Crippen LogP contribution in [0.15, 0.2) is 11.8 Å². The Morgan fingerprint density at radius 2 is 1.85 bits per heavy atom. The molecule has 3 nitrogen and oxygen atoms in total. The Morgan fingerprint density at radius 1 is 1.31 bits per heavy atom. The van der Waals surface area contributed by atoms with Crippen LogP contribution in [0.3, 0.4) is 0 Å². The van der Waals surface area contributed by atoms with Crippen LogP contribution in [0.25, 0.3) is 0 Å². The fraction of sp³-hybridized carbons (Fsp3) is 0.750. The molecule has 0 fully saturated rings. The quantitative estimate of drug-likeness (QED) is 0.404. The summed E-state index contributed by atoms with van der Waals surface area (Å²) < 4.78 is 25.7. The summed E-state index contributed by atoms with van der Waals surface area (Å²) in [4.78, 5) is 0. The van der Waals surface area contributed by atoms with Gasteiger partial charge in [-0.05, 0) is 6.42 Å². The molecule has 0 bridgehead atoms. The lowest BCUT2D eigenvalue weighted by Crippen LogP contribution is -2.15. The van der Waals surface area contributed by atoms with E-state index in [9.17, 15) is 8.42 Å². The van der Waals surface area contributed by atoms with E-state index in [-0.39, 0.29) is 6.61 Å². The minimum absolute atomic E-state index is 0.250. The molecule has 78 valence electrons. The Kier molecular flexibility index (Phi) is 4.88. The van der Waals surface area contributed by atoms with Gasteiger partial charge in [0.15, 0.2) is 0 Å². The SMILES string of the molecule is C[Si](C)(C)/C=C/CCOS(C)(=O)=O. The van der Waals surface area contributed by atoms with Crippen molar-refractivity contribution in [3.05, 3.63) is 11.8 Å². The molecule has 0 radical (unpaired) electrons. The molecule has 0 heterocycles. The maximum absolute atomic E-state index is 10.6. The van der Waals surface area contributed by atoms with Gasteiger partial charge >= 0.3 is 0 Å². The second-order valence-electron chi connectivity index (χ2n) is 4.08. The Hall–Kier alpha value is -0.133. The maximum atomic E-state index is 10.6. The van der Waals surface area contributed by atoms with Crippen molar-refractivity contribution in [2.75, 3.05) is 12.9 Å². The van der Waals surface area contributed by atoms with Crippen LogP contribution in [0.2, 0.25) is 19.6 Å². The molecule has 0 aromatic rings. The molecule has 0 amide bonds. The summed E-state index contributed by atoms with van der Waals surface area (Å²) in [6, 6.07) is 0. The molecule has 0 aliphatic heterocycles. The molecule has 0 saturated heterocycles. The van der Waals surface area contributed by atoms with Gasteiger partial charge in [-0.2, -0.15) is 8.42 Å². The Bertz CT molecular complexity index is 262. The number of hydrogen-bond acceptors (Lipinski definition) is 3. The smallest absolute Gasteiger partial charge is 0.264 e. The fourth-order valence-corrected chi connectivity index (χ4v) is 1.98. The first-order valence-electron chi connectivity index (χ1n) is 4.23. The van der Waals surface area contributed by atoms with Gasteiger partial charge < -0.3 is 0 Å². The summed E-state index contributed by atoms with van der Waals surface area (Å²) in [5.41, 5.74) is 2.18. The van der Waals surface area contributed by atoms with E-state index in [4.69, 9.17) is 0 Å². The van der Waals surface area contributed by atoms with Crippen molar-refractivity contribution in [2.45, 2.75) is 26.1 Å². The van der Waals surface area contributed by atoms with Gasteiger partial charge in [-0.15, -0.1) is 0 Å². The first-order chi connectivity index (χ1) is 5.71. The van der Waals surface area contributed by atoms with Crippen LogP contribution in [0, 0.1) is 0 Å². The summed E-state index contributed by atoms with van der Waals surface area (Å²) in [6.07, 6.45) is 3.73. The van der Waals surface area contributed by atoms with Crippen molar-refractivity contribution in [3.63, 3.8) is 0 Å². The highest BCUT2D eigenvalue weighted by Gasteiger charge is 2.06. The average Bonchev–Trinajstić information content (AvgIpc) is 1.81. The average molecular weight is 222 g/mol. The first kappa shape index (κ1) is 12.9. The van der Waals surface area contributed by atoms with Gasteiger partial charge in [0.1, 0.15) is 0 Å². The van der Waals surface area contributed by atoms with Crippen molar-refractivity contribution in [1.82, 2.24) is 0 Å². The molecule has 0 atom stereocenters.